The van der Waals surface area contributed by atoms with Gasteiger partial charge >= 0.3 is 0 Å². The van der Waals surface area contributed by atoms with Crippen molar-refractivity contribution in [2.75, 3.05) is 40.5 Å². The molecule has 3 aliphatic carbocycles. The van der Waals surface area contributed by atoms with Gasteiger partial charge in [0.15, 0.2) is 0 Å². The molecule has 2 fully saturated rings. The number of hydrogen-bond acceptors (Lipinski definition) is 9. The van der Waals surface area contributed by atoms with Crippen LogP contribution >= 0.6 is 0 Å². The number of nitrogens with one attached hydrogen (secondary N) is 2. The summed E-state index contributed by atoms with van der Waals surface area (Å²) in [5.74, 6) is -0.998. The maximum Gasteiger partial charge on any atom is 0.145 e. The number of carbonyl (C=O) groups excluding carboxylic acids is 1. The van der Waals surface area contributed by atoms with Crippen LogP contribution in [0.1, 0.15) is 94.7 Å². The second-order valence-corrected chi connectivity index (χ2v) is 19.6. The fourth-order valence-electron chi connectivity index (χ4n) is 12.3. The molecule has 7 N–H and O–H groups in total. The van der Waals surface area contributed by atoms with Gasteiger partial charge in [-0.05, 0) is 156 Å². The van der Waals surface area contributed by atoms with Gasteiger partial charge in [-0.15, -0.1) is 0 Å². The molecular weight excluding hydrogens is 801 g/mol. The molecule has 1 aliphatic heterocycles. The third kappa shape index (κ3) is 10.6. The largest absolute Gasteiger partial charge is 0.396 e. The molecule has 11 unspecified atom stereocenters. The molecule has 0 aromatic heterocycles. The molecule has 2 aromatic carbocycles. The van der Waals surface area contributed by atoms with Crippen molar-refractivity contribution in [3.8, 4) is 0 Å². The summed E-state index contributed by atoms with van der Waals surface area (Å²) >= 11 is 0. The van der Waals surface area contributed by atoms with Gasteiger partial charge in [-0.1, -0.05) is 109 Å². The monoisotopic (exact) mass is 877 g/mol. The molecule has 1 heterocycles. The summed E-state index contributed by atoms with van der Waals surface area (Å²) in [6, 6.07) is 19.4. The summed E-state index contributed by atoms with van der Waals surface area (Å²) in [7, 11) is 3.57. The quantitative estimate of drug-likeness (QED) is 0.0372. The lowest BCUT2D eigenvalue weighted by molar-refractivity contribution is -0.194. The van der Waals surface area contributed by atoms with Crippen molar-refractivity contribution in [3.63, 3.8) is 0 Å². The lowest BCUT2D eigenvalue weighted by Gasteiger charge is -2.61. The predicted molar refractivity (Wildman–Crippen MR) is 256 cm³/mol. The van der Waals surface area contributed by atoms with Gasteiger partial charge in [0.2, 0.25) is 0 Å². The zero-order valence-corrected chi connectivity index (χ0v) is 39.0. The maximum absolute atomic E-state index is 12.9. The average molecular weight is 877 g/mol. The molecule has 9 nitrogen and oxygen atoms in total. The molecule has 0 amide bonds. The van der Waals surface area contributed by atoms with Crippen molar-refractivity contribution >= 4 is 6.29 Å². The Balaban J connectivity index is 1.35. The number of benzene rings is 2. The predicted octanol–water partition coefficient (Wildman–Crippen LogP) is 7.46. The van der Waals surface area contributed by atoms with Gasteiger partial charge in [0.05, 0.1) is 18.3 Å². The first kappa shape index (κ1) is 49.7. The molecule has 4 bridgehead atoms. The third-order valence-electron chi connectivity index (χ3n) is 15.7. The van der Waals surface area contributed by atoms with Crippen molar-refractivity contribution in [2.24, 2.45) is 35.0 Å². The smallest absolute Gasteiger partial charge is 0.145 e. The van der Waals surface area contributed by atoms with Crippen molar-refractivity contribution in [2.45, 2.75) is 114 Å². The Kier molecular flexibility index (Phi) is 17.2. The van der Waals surface area contributed by atoms with Gasteiger partial charge in [-0.25, -0.2) is 0 Å². The molecule has 4 aliphatic rings. The second-order valence-electron chi connectivity index (χ2n) is 19.6. The topological polar surface area (TPSA) is 152 Å². The zero-order chi connectivity index (χ0) is 46.1. The first-order chi connectivity index (χ1) is 30.8. The molecule has 9 heteroatoms. The Bertz CT molecular complexity index is 2060. The Labute approximate surface area is 382 Å². The van der Waals surface area contributed by atoms with Gasteiger partial charge in [0.1, 0.15) is 12.5 Å². The van der Waals surface area contributed by atoms with Gasteiger partial charge in [0.25, 0.3) is 0 Å². The molecule has 6 rings (SSSR count). The van der Waals surface area contributed by atoms with E-state index in [-0.39, 0.29) is 42.8 Å². The second kappa shape index (κ2) is 22.1. The highest BCUT2D eigenvalue weighted by molar-refractivity contribution is 5.74. The Morgan fingerprint density at radius 3 is 2.53 bits per heavy atom. The van der Waals surface area contributed by atoms with Crippen LogP contribution < -0.4 is 10.6 Å². The highest BCUT2D eigenvalue weighted by atomic mass is 16.5. The van der Waals surface area contributed by atoms with Crippen molar-refractivity contribution < 1.29 is 35.1 Å². The van der Waals surface area contributed by atoms with E-state index in [9.17, 15) is 30.3 Å². The SMILES string of the molecule is C=C(C=CC=C(CO)C1CCC2(C1O)C1C(=C(C)C=O)C(C=CC1CCO)CC2(O)CCNC)C1CC=C(C)C(O)NC(C)(CCOC)Cc2cccc(c2)C1CCc1ccccc1. The van der Waals surface area contributed by atoms with Crippen molar-refractivity contribution in [1.82, 2.24) is 10.6 Å². The fraction of sp³-hybridized carbons (Fsp3) is 0.545. The van der Waals surface area contributed by atoms with E-state index in [1.54, 1.807) is 7.11 Å². The van der Waals surface area contributed by atoms with Crippen LogP contribution in [0.25, 0.3) is 0 Å². The Morgan fingerprint density at radius 2 is 1.83 bits per heavy atom. The van der Waals surface area contributed by atoms with E-state index < -0.39 is 34.8 Å². The number of aliphatic hydroxyl groups is 5. The number of methoxy groups -OCH3 is 1. The summed E-state index contributed by atoms with van der Waals surface area (Å²) < 4.78 is 5.49. The number of aliphatic hydroxyl groups excluding tert-OH is 4. The summed E-state index contributed by atoms with van der Waals surface area (Å²) in [5, 5.41) is 65.2. The molecule has 11 atom stereocenters. The van der Waals surface area contributed by atoms with E-state index in [0.29, 0.717) is 62.8 Å². The molecule has 348 valence electrons. The number of rotatable bonds is 17. The number of fused-ring (bicyclic) bond motifs is 5. The molecule has 1 spiro atoms. The summed E-state index contributed by atoms with van der Waals surface area (Å²) in [6.07, 6.45) is 17.5. The standard InChI is InChI=1S/C55H76N2O7/c1-37(46-22-18-38(2)52(62)57-53(4,28-31-64-6)33-41-15-11-16-43(32-41)47(46)23-19-40-13-8-7-9-14-40)12-10-17-45(36-60)48-24-26-55(51(48)61)50-42(25-30-58)20-21-44(49(50)39(3)35-59)34-54(55,63)27-29-56-5/h7-18,20-21,32,35,42,44,46-48,50-52,56-58,60-63H,1,19,22-31,33-34,36H2,2-6H3. The van der Waals surface area contributed by atoms with Crippen LogP contribution in [-0.2, 0) is 22.4 Å². The van der Waals surface area contributed by atoms with E-state index in [1.807, 2.05) is 45.2 Å². The zero-order valence-electron chi connectivity index (χ0n) is 39.0. The van der Waals surface area contributed by atoms with Crippen LogP contribution in [0.5, 0.6) is 0 Å². The number of aldehydes is 1. The minimum atomic E-state index is -1.26. The van der Waals surface area contributed by atoms with Gasteiger partial charge in [-0.3, -0.25) is 10.1 Å². The van der Waals surface area contributed by atoms with E-state index in [4.69, 9.17) is 4.74 Å². The number of carbonyl (C=O) groups is 1. The normalized spacial score (nSPS) is 34.0. The van der Waals surface area contributed by atoms with Gasteiger partial charge < -0.3 is 35.6 Å². The van der Waals surface area contributed by atoms with Gasteiger partial charge in [-0.2, -0.15) is 0 Å². The number of allylic oxidation sites excluding steroid dienone is 9. The minimum absolute atomic E-state index is 0.0190. The van der Waals surface area contributed by atoms with E-state index in [0.717, 1.165) is 48.7 Å². The first-order valence-corrected chi connectivity index (χ1v) is 23.7. The average Bonchev–Trinajstić information content (AvgIpc) is 3.63. The fourth-order valence-corrected chi connectivity index (χ4v) is 12.3. The third-order valence-corrected chi connectivity index (χ3v) is 15.7. The van der Waals surface area contributed by atoms with Crippen LogP contribution in [0.15, 0.2) is 125 Å². The summed E-state index contributed by atoms with van der Waals surface area (Å²) in [5.41, 5.74) is 5.10. The number of ether oxygens (including phenoxy) is 1. The highest BCUT2D eigenvalue weighted by Crippen LogP contribution is 2.67. The maximum atomic E-state index is 12.9. The Hall–Kier alpha value is -3.77. The number of hydrogen-bond donors (Lipinski definition) is 7. The summed E-state index contributed by atoms with van der Waals surface area (Å²) in [6.45, 7) is 11.5. The Morgan fingerprint density at radius 1 is 1.05 bits per heavy atom. The van der Waals surface area contributed by atoms with Crippen LogP contribution in [0.2, 0.25) is 0 Å². The molecule has 0 saturated heterocycles. The van der Waals surface area contributed by atoms with Crippen LogP contribution in [0.3, 0.4) is 0 Å². The molecule has 0 radical (unpaired) electrons. The lowest BCUT2D eigenvalue weighted by Crippen LogP contribution is -2.65. The van der Waals surface area contributed by atoms with Crippen LogP contribution in [0.4, 0.5) is 0 Å². The molecule has 2 saturated carbocycles. The van der Waals surface area contributed by atoms with E-state index in [1.165, 1.54) is 16.7 Å². The van der Waals surface area contributed by atoms with E-state index in [2.05, 4.69) is 90.9 Å². The molecule has 2 aromatic rings. The summed E-state index contributed by atoms with van der Waals surface area (Å²) in [4.78, 5) is 12.4. The van der Waals surface area contributed by atoms with Crippen LogP contribution in [0, 0.1) is 35.0 Å². The van der Waals surface area contributed by atoms with Crippen molar-refractivity contribution in [3.05, 3.63) is 142 Å². The van der Waals surface area contributed by atoms with E-state index >= 15 is 0 Å². The minimum Gasteiger partial charge on any atom is -0.396 e. The number of aryl methyl sites for hydroxylation is 1. The van der Waals surface area contributed by atoms with Crippen LogP contribution in [-0.4, -0.2) is 95.8 Å². The molecular formula is C55H76N2O7. The van der Waals surface area contributed by atoms with Crippen molar-refractivity contribution in [1.29, 1.82) is 0 Å². The lowest BCUT2D eigenvalue weighted by atomic mass is 9.45. The highest BCUT2D eigenvalue weighted by Gasteiger charge is 2.68. The first-order valence-electron chi connectivity index (χ1n) is 23.7. The molecule has 64 heavy (non-hydrogen) atoms. The van der Waals surface area contributed by atoms with Gasteiger partial charge in [0, 0.05) is 43.1 Å².